The van der Waals surface area contributed by atoms with Crippen molar-refractivity contribution in [3.63, 3.8) is 0 Å². The van der Waals surface area contributed by atoms with E-state index in [1.807, 2.05) is 36.4 Å². The summed E-state index contributed by atoms with van der Waals surface area (Å²) in [6.07, 6.45) is 4.57. The van der Waals surface area contributed by atoms with Crippen LogP contribution in [0.4, 0.5) is 5.69 Å². The summed E-state index contributed by atoms with van der Waals surface area (Å²) in [5, 5.41) is 6.92. The first-order chi connectivity index (χ1) is 15.1. The standard InChI is InChI=1S/C24H21N5O2/c1-2-20(30)26-16-5-3-6-17-21(16)28-22(27-17)15-8-7-14-11-19-23(31)25-13-24(9-4-10-24)29(19)18(14)12-15/h2-3,5-8,11-12H,1,4,9-10,13H2,(H,25,31)(H,26,30)(H,27,28). The number of hydrogen-bond donors (Lipinski definition) is 3. The number of benzene rings is 2. The van der Waals surface area contributed by atoms with Gasteiger partial charge in [0.05, 0.1) is 16.7 Å². The van der Waals surface area contributed by atoms with Crippen molar-refractivity contribution >= 4 is 39.4 Å². The van der Waals surface area contributed by atoms with Crippen LogP contribution in [0.15, 0.2) is 55.1 Å². The molecule has 0 saturated heterocycles. The summed E-state index contributed by atoms with van der Waals surface area (Å²) in [5.41, 5.74) is 4.88. The molecule has 3 N–H and O–H groups in total. The number of nitrogens with one attached hydrogen (secondary N) is 3. The molecule has 1 saturated carbocycles. The molecule has 1 fully saturated rings. The van der Waals surface area contributed by atoms with Crippen molar-refractivity contribution in [1.29, 1.82) is 0 Å². The molecule has 4 aromatic rings. The van der Waals surface area contributed by atoms with Crippen LogP contribution in [0.25, 0.3) is 33.3 Å². The largest absolute Gasteiger partial charge is 0.348 e. The Kier molecular flexibility index (Phi) is 3.65. The zero-order chi connectivity index (χ0) is 21.2. The number of para-hydroxylation sites is 1. The van der Waals surface area contributed by atoms with Gasteiger partial charge in [-0.3, -0.25) is 9.59 Å². The molecule has 2 amide bonds. The van der Waals surface area contributed by atoms with Crippen LogP contribution in [0.2, 0.25) is 0 Å². The van der Waals surface area contributed by atoms with Gasteiger partial charge in [0.25, 0.3) is 5.91 Å². The Morgan fingerprint density at radius 3 is 2.87 bits per heavy atom. The Labute approximate surface area is 178 Å². The Bertz CT molecular complexity index is 1410. The number of amides is 2. The van der Waals surface area contributed by atoms with Crippen molar-refractivity contribution in [3.8, 4) is 11.4 Å². The third kappa shape index (κ3) is 2.56. The summed E-state index contributed by atoms with van der Waals surface area (Å²) in [4.78, 5) is 32.4. The van der Waals surface area contributed by atoms with Gasteiger partial charge in [0.1, 0.15) is 17.0 Å². The molecule has 7 heteroatoms. The number of fused-ring (bicyclic) bond motifs is 5. The van der Waals surface area contributed by atoms with Crippen molar-refractivity contribution in [2.75, 3.05) is 11.9 Å². The fraction of sp³-hybridized carbons (Fsp3) is 0.208. The Morgan fingerprint density at radius 1 is 1.23 bits per heavy atom. The quantitative estimate of drug-likeness (QED) is 0.446. The first-order valence-corrected chi connectivity index (χ1v) is 10.4. The van der Waals surface area contributed by atoms with E-state index in [9.17, 15) is 9.59 Å². The maximum Gasteiger partial charge on any atom is 0.268 e. The lowest BCUT2D eigenvalue weighted by molar-refractivity contribution is -0.111. The molecule has 2 aromatic heterocycles. The van der Waals surface area contributed by atoms with Gasteiger partial charge in [0.2, 0.25) is 5.91 Å². The summed E-state index contributed by atoms with van der Waals surface area (Å²) in [6, 6.07) is 13.8. The molecule has 0 radical (unpaired) electrons. The van der Waals surface area contributed by atoms with E-state index in [0.29, 0.717) is 17.7 Å². The number of nitrogens with zero attached hydrogens (tertiary/aromatic N) is 2. The monoisotopic (exact) mass is 411 g/mol. The third-order valence-corrected chi connectivity index (χ3v) is 6.60. The second kappa shape index (κ2) is 6.31. The highest BCUT2D eigenvalue weighted by molar-refractivity contribution is 6.05. The fourth-order valence-corrected chi connectivity index (χ4v) is 4.88. The van der Waals surface area contributed by atoms with Gasteiger partial charge in [0, 0.05) is 23.0 Å². The van der Waals surface area contributed by atoms with Crippen LogP contribution in [0.3, 0.4) is 0 Å². The predicted octanol–water partition coefficient (Wildman–Crippen LogP) is 3.93. The van der Waals surface area contributed by atoms with Crippen LogP contribution >= 0.6 is 0 Å². The number of carbonyl (C=O) groups excluding carboxylic acids is 2. The molecule has 154 valence electrons. The number of hydrogen-bond acceptors (Lipinski definition) is 3. The molecule has 1 aliphatic carbocycles. The van der Waals surface area contributed by atoms with Gasteiger partial charge in [-0.05, 0) is 49.6 Å². The minimum absolute atomic E-state index is 0.0124. The second-order valence-electron chi connectivity index (χ2n) is 8.38. The number of rotatable bonds is 3. The lowest BCUT2D eigenvalue weighted by Gasteiger charge is -2.47. The molecule has 0 bridgehead atoms. The molecule has 0 atom stereocenters. The average Bonchev–Trinajstić information content (AvgIpc) is 3.36. The average molecular weight is 411 g/mol. The molecule has 31 heavy (non-hydrogen) atoms. The Balaban J connectivity index is 1.50. The number of aromatic nitrogens is 3. The smallest absolute Gasteiger partial charge is 0.268 e. The predicted molar refractivity (Wildman–Crippen MR) is 120 cm³/mol. The normalized spacial score (nSPS) is 16.7. The maximum atomic E-state index is 12.5. The minimum Gasteiger partial charge on any atom is -0.348 e. The van der Waals surface area contributed by atoms with E-state index >= 15 is 0 Å². The van der Waals surface area contributed by atoms with Crippen molar-refractivity contribution in [2.45, 2.75) is 24.8 Å². The summed E-state index contributed by atoms with van der Waals surface area (Å²) < 4.78 is 2.24. The number of carbonyl (C=O) groups is 2. The second-order valence-corrected chi connectivity index (χ2v) is 8.38. The highest BCUT2D eigenvalue weighted by Crippen LogP contribution is 2.44. The first-order valence-electron chi connectivity index (χ1n) is 10.4. The number of imidazole rings is 1. The van der Waals surface area contributed by atoms with Crippen LogP contribution < -0.4 is 10.6 Å². The molecule has 1 aliphatic heterocycles. The molecule has 0 unspecified atom stereocenters. The van der Waals surface area contributed by atoms with E-state index in [0.717, 1.165) is 46.3 Å². The van der Waals surface area contributed by atoms with E-state index < -0.39 is 0 Å². The Hall–Kier alpha value is -3.87. The number of anilines is 1. The zero-order valence-electron chi connectivity index (χ0n) is 16.9. The first kappa shape index (κ1) is 17.9. The molecule has 2 aliphatic rings. The van der Waals surface area contributed by atoms with E-state index in [1.165, 1.54) is 12.5 Å². The van der Waals surface area contributed by atoms with E-state index in [2.05, 4.69) is 32.8 Å². The van der Waals surface area contributed by atoms with Crippen LogP contribution in [-0.2, 0) is 10.3 Å². The van der Waals surface area contributed by atoms with Gasteiger partial charge in [-0.25, -0.2) is 4.98 Å². The van der Waals surface area contributed by atoms with Crippen molar-refractivity contribution in [2.24, 2.45) is 0 Å². The summed E-state index contributed by atoms with van der Waals surface area (Å²) >= 11 is 0. The van der Waals surface area contributed by atoms with Gasteiger partial charge in [-0.2, -0.15) is 0 Å². The van der Waals surface area contributed by atoms with Gasteiger partial charge in [-0.1, -0.05) is 24.8 Å². The summed E-state index contributed by atoms with van der Waals surface area (Å²) in [7, 11) is 0. The molecular weight excluding hydrogens is 390 g/mol. The summed E-state index contributed by atoms with van der Waals surface area (Å²) in [6.45, 7) is 4.19. The third-order valence-electron chi connectivity index (χ3n) is 6.60. The minimum atomic E-state index is -0.276. The number of H-pyrrole nitrogens is 1. The Morgan fingerprint density at radius 2 is 2.10 bits per heavy atom. The summed E-state index contributed by atoms with van der Waals surface area (Å²) in [5.74, 6) is 0.430. The molecular formula is C24H21N5O2. The SMILES string of the molecule is C=CC(=O)Nc1cccc2[nH]c(-c3ccc4cc5n(c4c3)C3(CCC3)CNC5=O)nc12. The van der Waals surface area contributed by atoms with E-state index in [4.69, 9.17) is 4.98 Å². The van der Waals surface area contributed by atoms with Crippen molar-refractivity contribution in [1.82, 2.24) is 19.9 Å². The van der Waals surface area contributed by atoms with Crippen LogP contribution in [0.5, 0.6) is 0 Å². The molecule has 1 spiro atoms. The van der Waals surface area contributed by atoms with Crippen molar-refractivity contribution < 1.29 is 9.59 Å². The zero-order valence-corrected chi connectivity index (χ0v) is 16.9. The van der Waals surface area contributed by atoms with Crippen LogP contribution in [0, 0.1) is 0 Å². The van der Waals surface area contributed by atoms with E-state index in [1.54, 1.807) is 0 Å². The lowest BCUT2D eigenvalue weighted by atomic mass is 9.75. The molecule has 7 nitrogen and oxygen atoms in total. The maximum absolute atomic E-state index is 12.5. The van der Waals surface area contributed by atoms with E-state index in [-0.39, 0.29) is 17.4 Å². The van der Waals surface area contributed by atoms with Gasteiger partial charge in [0.15, 0.2) is 0 Å². The lowest BCUT2D eigenvalue weighted by Crippen LogP contribution is -2.55. The molecule has 3 heterocycles. The topological polar surface area (TPSA) is 91.8 Å². The van der Waals surface area contributed by atoms with Crippen molar-refractivity contribution in [3.05, 3.63) is 60.8 Å². The number of aromatic amines is 1. The van der Waals surface area contributed by atoms with Gasteiger partial charge < -0.3 is 20.2 Å². The highest BCUT2D eigenvalue weighted by atomic mass is 16.2. The van der Waals surface area contributed by atoms with Crippen LogP contribution in [-0.4, -0.2) is 32.9 Å². The molecule has 2 aromatic carbocycles. The van der Waals surface area contributed by atoms with Gasteiger partial charge in [-0.15, -0.1) is 0 Å². The molecule has 6 rings (SSSR count). The fourth-order valence-electron chi connectivity index (χ4n) is 4.88. The highest BCUT2D eigenvalue weighted by Gasteiger charge is 2.44. The van der Waals surface area contributed by atoms with Crippen LogP contribution in [0.1, 0.15) is 29.8 Å². The van der Waals surface area contributed by atoms with Gasteiger partial charge >= 0.3 is 0 Å².